The van der Waals surface area contributed by atoms with Gasteiger partial charge in [0.15, 0.2) is 5.78 Å². The Morgan fingerprint density at radius 2 is 1.57 bits per heavy atom. The second kappa shape index (κ2) is 9.15. The van der Waals surface area contributed by atoms with Crippen LogP contribution in [0.5, 0.6) is 0 Å². The quantitative estimate of drug-likeness (QED) is 0.637. The zero-order chi connectivity index (χ0) is 16.5. The van der Waals surface area contributed by atoms with E-state index in [1.807, 2.05) is 41.5 Å². The van der Waals surface area contributed by atoms with Crippen LogP contribution in [0.15, 0.2) is 0 Å². The molecule has 1 amide bonds. The molecule has 0 bridgehead atoms. The van der Waals surface area contributed by atoms with Crippen molar-refractivity contribution in [1.29, 1.82) is 0 Å². The molecule has 0 atom stereocenters. The molecule has 0 saturated heterocycles. The molecule has 0 aliphatic rings. The molecule has 124 valence electrons. The van der Waals surface area contributed by atoms with Crippen molar-refractivity contribution in [3.8, 4) is 0 Å². The Kier molecular flexibility index (Phi) is 8.74. The van der Waals surface area contributed by atoms with Gasteiger partial charge in [-0.1, -0.05) is 13.8 Å². The number of carbonyl (C=O) groups is 2. The van der Waals surface area contributed by atoms with E-state index in [-0.39, 0.29) is 23.9 Å². The summed E-state index contributed by atoms with van der Waals surface area (Å²) in [4.78, 5) is 22.5. The van der Waals surface area contributed by atoms with E-state index >= 15 is 0 Å². The number of nitrogens with one attached hydrogen (secondary N) is 1. The van der Waals surface area contributed by atoms with Crippen molar-refractivity contribution >= 4 is 11.7 Å². The zero-order valence-electron chi connectivity index (χ0n) is 14.4. The van der Waals surface area contributed by atoms with Crippen LogP contribution in [-0.4, -0.2) is 42.7 Å². The molecular formula is C16H31NO4. The summed E-state index contributed by atoms with van der Waals surface area (Å²) in [5, 5.41) is 2.84. The Morgan fingerprint density at radius 1 is 0.952 bits per heavy atom. The third-order valence-electron chi connectivity index (χ3n) is 3.20. The molecule has 0 aromatic heterocycles. The average molecular weight is 301 g/mol. The average Bonchev–Trinajstić information content (AvgIpc) is 2.42. The largest absolute Gasteiger partial charge is 0.373 e. The molecule has 0 aromatic rings. The van der Waals surface area contributed by atoms with Crippen molar-refractivity contribution < 1.29 is 19.1 Å². The second-order valence-corrected chi connectivity index (χ2v) is 6.44. The zero-order valence-corrected chi connectivity index (χ0v) is 14.4. The lowest BCUT2D eigenvalue weighted by Crippen LogP contribution is -2.39. The van der Waals surface area contributed by atoms with Gasteiger partial charge >= 0.3 is 0 Å². The highest BCUT2D eigenvalue weighted by molar-refractivity contribution is 5.79. The van der Waals surface area contributed by atoms with E-state index in [9.17, 15) is 9.59 Å². The van der Waals surface area contributed by atoms with Crippen LogP contribution in [0, 0.1) is 0 Å². The molecule has 0 rings (SSSR count). The number of rotatable bonds is 11. The molecule has 0 unspecified atom stereocenters. The molecule has 5 nitrogen and oxygen atoms in total. The summed E-state index contributed by atoms with van der Waals surface area (Å²) in [6.07, 6.45) is 1.70. The molecule has 0 aromatic carbocycles. The molecule has 21 heavy (non-hydrogen) atoms. The highest BCUT2D eigenvalue weighted by Crippen LogP contribution is 2.19. The van der Waals surface area contributed by atoms with Gasteiger partial charge in [0, 0.05) is 19.4 Å². The molecule has 5 heteroatoms. The third-order valence-corrected chi connectivity index (χ3v) is 3.20. The number of carbonyl (C=O) groups excluding carboxylic acids is 2. The van der Waals surface area contributed by atoms with Crippen LogP contribution in [0.2, 0.25) is 0 Å². The summed E-state index contributed by atoms with van der Waals surface area (Å²) in [7, 11) is 0. The fourth-order valence-corrected chi connectivity index (χ4v) is 1.49. The van der Waals surface area contributed by atoms with Gasteiger partial charge < -0.3 is 14.8 Å². The lowest BCUT2D eigenvalue weighted by molar-refractivity contribution is -0.142. The van der Waals surface area contributed by atoms with Crippen LogP contribution in [0.25, 0.3) is 0 Å². The van der Waals surface area contributed by atoms with Crippen LogP contribution < -0.4 is 5.32 Å². The maximum Gasteiger partial charge on any atom is 0.219 e. The van der Waals surface area contributed by atoms with Gasteiger partial charge in [-0.3, -0.25) is 9.59 Å². The minimum absolute atomic E-state index is 0.0486. The number of amides is 1. The Labute approximate surface area is 128 Å². The standard InChI is InChI=1S/C16H31NO4/c1-7-13(18)11-20-16(5,6)12-21-15(3,4)9-10-17-14(19)8-2/h7-12H2,1-6H3,(H,17,19). The first-order valence-corrected chi connectivity index (χ1v) is 7.68. The molecule has 0 heterocycles. The maximum absolute atomic E-state index is 11.3. The Morgan fingerprint density at radius 3 is 2.10 bits per heavy atom. The fraction of sp³-hybridized carbons (Fsp3) is 0.875. The van der Waals surface area contributed by atoms with E-state index in [2.05, 4.69) is 5.32 Å². The van der Waals surface area contributed by atoms with Crippen LogP contribution in [0.4, 0.5) is 0 Å². The van der Waals surface area contributed by atoms with Gasteiger partial charge in [-0.15, -0.1) is 0 Å². The lowest BCUT2D eigenvalue weighted by Gasteiger charge is -2.32. The Balaban J connectivity index is 4.09. The van der Waals surface area contributed by atoms with Crippen molar-refractivity contribution in [3.63, 3.8) is 0 Å². The molecule has 0 aliphatic carbocycles. The summed E-state index contributed by atoms with van der Waals surface area (Å²) in [5.74, 6) is 0.136. The smallest absolute Gasteiger partial charge is 0.219 e. The predicted molar refractivity (Wildman–Crippen MR) is 83.3 cm³/mol. The van der Waals surface area contributed by atoms with Crippen LogP contribution in [0.1, 0.15) is 60.8 Å². The van der Waals surface area contributed by atoms with E-state index < -0.39 is 5.60 Å². The number of ketones is 1. The van der Waals surface area contributed by atoms with Gasteiger partial charge in [0.1, 0.15) is 6.61 Å². The summed E-state index contributed by atoms with van der Waals surface area (Å²) >= 11 is 0. The first-order chi connectivity index (χ1) is 9.62. The lowest BCUT2D eigenvalue weighted by atomic mass is 10.0. The number of hydrogen-bond acceptors (Lipinski definition) is 4. The SMILES string of the molecule is CCC(=O)COC(C)(C)COC(C)(C)CCNC(=O)CC. The predicted octanol–water partition coefficient (Wildman–Crippen LogP) is 2.47. The molecular weight excluding hydrogens is 270 g/mol. The normalized spacial score (nSPS) is 12.3. The first-order valence-electron chi connectivity index (χ1n) is 7.68. The summed E-state index contributed by atoms with van der Waals surface area (Å²) in [5.41, 5.74) is -0.856. The highest BCUT2D eigenvalue weighted by atomic mass is 16.6. The van der Waals surface area contributed by atoms with Crippen molar-refractivity contribution in [2.75, 3.05) is 19.8 Å². The molecule has 1 N–H and O–H groups in total. The van der Waals surface area contributed by atoms with Gasteiger partial charge in [-0.05, 0) is 34.1 Å². The highest BCUT2D eigenvalue weighted by Gasteiger charge is 2.26. The second-order valence-electron chi connectivity index (χ2n) is 6.44. The minimum Gasteiger partial charge on any atom is -0.373 e. The Hall–Kier alpha value is -0.940. The number of hydrogen-bond donors (Lipinski definition) is 1. The van der Waals surface area contributed by atoms with Gasteiger partial charge in [-0.25, -0.2) is 0 Å². The monoisotopic (exact) mass is 301 g/mol. The summed E-state index contributed by atoms with van der Waals surface area (Å²) in [6.45, 7) is 12.6. The topological polar surface area (TPSA) is 64.6 Å². The maximum atomic E-state index is 11.3. The summed E-state index contributed by atoms with van der Waals surface area (Å²) in [6, 6.07) is 0. The molecule has 0 saturated carbocycles. The number of ether oxygens (including phenoxy) is 2. The van der Waals surface area contributed by atoms with Crippen LogP contribution in [0.3, 0.4) is 0 Å². The van der Waals surface area contributed by atoms with E-state index in [0.717, 1.165) is 6.42 Å². The fourth-order valence-electron chi connectivity index (χ4n) is 1.49. The van der Waals surface area contributed by atoms with E-state index in [4.69, 9.17) is 9.47 Å². The van der Waals surface area contributed by atoms with Crippen molar-refractivity contribution in [3.05, 3.63) is 0 Å². The van der Waals surface area contributed by atoms with Gasteiger partial charge in [0.2, 0.25) is 5.91 Å². The minimum atomic E-state index is -0.505. The van der Waals surface area contributed by atoms with Gasteiger partial charge in [0.25, 0.3) is 0 Å². The third kappa shape index (κ3) is 10.4. The van der Waals surface area contributed by atoms with Crippen LogP contribution >= 0.6 is 0 Å². The first kappa shape index (κ1) is 20.1. The van der Waals surface area contributed by atoms with E-state index in [1.165, 1.54) is 0 Å². The van der Waals surface area contributed by atoms with Crippen molar-refractivity contribution in [2.45, 2.75) is 72.0 Å². The van der Waals surface area contributed by atoms with Crippen molar-refractivity contribution in [2.24, 2.45) is 0 Å². The van der Waals surface area contributed by atoms with Crippen LogP contribution in [-0.2, 0) is 19.1 Å². The van der Waals surface area contributed by atoms with Gasteiger partial charge in [0.05, 0.1) is 17.8 Å². The molecule has 0 fully saturated rings. The molecule has 0 radical (unpaired) electrons. The van der Waals surface area contributed by atoms with E-state index in [0.29, 0.717) is 26.0 Å². The van der Waals surface area contributed by atoms with E-state index in [1.54, 1.807) is 0 Å². The molecule has 0 aliphatic heterocycles. The Bertz CT molecular complexity index is 337. The molecule has 0 spiro atoms. The summed E-state index contributed by atoms with van der Waals surface area (Å²) < 4.78 is 11.5. The number of Topliss-reactive ketones (excluding diaryl/α,β-unsaturated/α-hetero) is 1. The van der Waals surface area contributed by atoms with Gasteiger partial charge in [-0.2, -0.15) is 0 Å². The van der Waals surface area contributed by atoms with Crippen molar-refractivity contribution in [1.82, 2.24) is 5.32 Å².